The molecule has 0 atom stereocenters. The second kappa shape index (κ2) is 8.59. The maximum absolute atomic E-state index is 13.9. The molecule has 0 aliphatic heterocycles. The fraction of sp³-hybridized carbons (Fsp3) is 0.250. The molecule has 0 aliphatic carbocycles. The van der Waals surface area contributed by atoms with Gasteiger partial charge in [-0.3, -0.25) is 0 Å². The van der Waals surface area contributed by atoms with Gasteiger partial charge in [-0.25, -0.2) is 4.39 Å². The molecule has 0 saturated carbocycles. The monoisotopic (exact) mass is 355 g/mol. The molecule has 3 aromatic rings. The SMILES string of the molecule is CC.CCn1cc(-c2ccc(C#N)c(F)c2)c2ccc(NSC)cc21. The van der Waals surface area contributed by atoms with Crippen molar-refractivity contribution in [2.45, 2.75) is 27.3 Å². The topological polar surface area (TPSA) is 40.8 Å². The zero-order valence-electron chi connectivity index (χ0n) is 14.9. The summed E-state index contributed by atoms with van der Waals surface area (Å²) in [6, 6.07) is 12.8. The van der Waals surface area contributed by atoms with Crippen molar-refractivity contribution < 1.29 is 4.39 Å². The number of hydrogen-bond donors (Lipinski definition) is 1. The van der Waals surface area contributed by atoms with E-state index < -0.39 is 5.82 Å². The van der Waals surface area contributed by atoms with Crippen LogP contribution < -0.4 is 4.72 Å². The van der Waals surface area contributed by atoms with Crippen molar-refractivity contribution in [3.8, 4) is 17.2 Å². The Balaban J connectivity index is 0.00000109. The number of anilines is 1. The number of halogens is 1. The normalized spacial score (nSPS) is 10.1. The summed E-state index contributed by atoms with van der Waals surface area (Å²) in [5.41, 5.74) is 3.96. The lowest BCUT2D eigenvalue weighted by molar-refractivity contribution is 0.624. The van der Waals surface area contributed by atoms with Gasteiger partial charge in [-0.05, 0) is 36.8 Å². The number of benzene rings is 2. The maximum atomic E-state index is 13.9. The summed E-state index contributed by atoms with van der Waals surface area (Å²) in [4.78, 5) is 0. The average molecular weight is 355 g/mol. The lowest BCUT2D eigenvalue weighted by atomic mass is 10.0. The van der Waals surface area contributed by atoms with Gasteiger partial charge in [0, 0.05) is 35.6 Å². The molecule has 25 heavy (non-hydrogen) atoms. The predicted octanol–water partition coefficient (Wildman–Crippen LogP) is 6.06. The standard InChI is InChI=1S/C18H16FN3S.C2H6/c1-3-22-11-16(12-4-5-13(10-20)17(19)8-12)15-7-6-14(21-23-2)9-18(15)22;1-2/h4-9,11,21H,3H2,1-2H3;1-2H3. The van der Waals surface area contributed by atoms with E-state index in [1.54, 1.807) is 18.0 Å². The average Bonchev–Trinajstić information content (AvgIpc) is 3.01. The first-order chi connectivity index (χ1) is 12.2. The van der Waals surface area contributed by atoms with Gasteiger partial charge in [0.2, 0.25) is 0 Å². The Hall–Kier alpha value is -2.45. The molecule has 0 radical (unpaired) electrons. The van der Waals surface area contributed by atoms with E-state index in [9.17, 15) is 4.39 Å². The second-order valence-electron chi connectivity index (χ2n) is 5.17. The minimum atomic E-state index is -0.483. The highest BCUT2D eigenvalue weighted by Gasteiger charge is 2.12. The molecule has 3 rings (SSSR count). The summed E-state index contributed by atoms with van der Waals surface area (Å²) in [7, 11) is 0. The van der Waals surface area contributed by atoms with E-state index in [0.717, 1.165) is 34.3 Å². The van der Waals surface area contributed by atoms with E-state index >= 15 is 0 Å². The molecule has 130 valence electrons. The molecular formula is C20H22FN3S. The molecule has 0 amide bonds. The van der Waals surface area contributed by atoms with E-state index in [1.165, 1.54) is 12.1 Å². The van der Waals surface area contributed by atoms with Gasteiger partial charge in [-0.2, -0.15) is 5.26 Å². The van der Waals surface area contributed by atoms with Crippen LogP contribution in [0.5, 0.6) is 0 Å². The number of nitriles is 1. The molecule has 1 aromatic heterocycles. The largest absolute Gasteiger partial charge is 0.347 e. The number of aromatic nitrogens is 1. The van der Waals surface area contributed by atoms with Crippen LogP contribution in [0.15, 0.2) is 42.6 Å². The van der Waals surface area contributed by atoms with Crippen LogP contribution in [-0.2, 0) is 6.54 Å². The Kier molecular flexibility index (Phi) is 6.49. The lowest BCUT2D eigenvalue weighted by Crippen LogP contribution is -1.91. The molecule has 0 unspecified atom stereocenters. The Bertz CT molecular complexity index is 909. The van der Waals surface area contributed by atoms with Crippen LogP contribution in [0.25, 0.3) is 22.0 Å². The molecule has 2 aromatic carbocycles. The lowest BCUT2D eigenvalue weighted by Gasteiger charge is -2.05. The Morgan fingerprint density at radius 2 is 1.96 bits per heavy atom. The Morgan fingerprint density at radius 3 is 2.56 bits per heavy atom. The minimum Gasteiger partial charge on any atom is -0.347 e. The van der Waals surface area contributed by atoms with Crippen molar-refractivity contribution in [2.24, 2.45) is 0 Å². The van der Waals surface area contributed by atoms with Crippen molar-refractivity contribution >= 4 is 28.5 Å². The third kappa shape index (κ3) is 3.80. The quantitative estimate of drug-likeness (QED) is 0.579. The van der Waals surface area contributed by atoms with Gasteiger partial charge in [0.15, 0.2) is 0 Å². The van der Waals surface area contributed by atoms with Gasteiger partial charge >= 0.3 is 0 Å². The van der Waals surface area contributed by atoms with Crippen LogP contribution in [0, 0.1) is 17.1 Å². The van der Waals surface area contributed by atoms with Gasteiger partial charge < -0.3 is 9.29 Å². The molecule has 0 fully saturated rings. The first-order valence-electron chi connectivity index (χ1n) is 8.29. The molecule has 0 saturated heterocycles. The summed E-state index contributed by atoms with van der Waals surface area (Å²) >= 11 is 1.55. The molecule has 0 spiro atoms. The molecule has 1 N–H and O–H groups in total. The van der Waals surface area contributed by atoms with Crippen molar-refractivity contribution in [3.05, 3.63) is 54.0 Å². The molecule has 0 aliphatic rings. The van der Waals surface area contributed by atoms with Gasteiger partial charge in [0.1, 0.15) is 11.9 Å². The van der Waals surface area contributed by atoms with E-state index in [-0.39, 0.29) is 5.56 Å². The van der Waals surface area contributed by atoms with Crippen LogP contribution in [0.2, 0.25) is 0 Å². The summed E-state index contributed by atoms with van der Waals surface area (Å²) in [5, 5.41) is 9.94. The summed E-state index contributed by atoms with van der Waals surface area (Å²) < 4.78 is 19.3. The van der Waals surface area contributed by atoms with E-state index in [0.29, 0.717) is 0 Å². The number of aryl methyl sites for hydroxylation is 1. The number of nitrogens with zero attached hydrogens (tertiary/aromatic N) is 2. The summed E-state index contributed by atoms with van der Waals surface area (Å²) in [6.07, 6.45) is 4.02. The second-order valence-corrected chi connectivity index (χ2v) is 5.79. The first-order valence-corrected chi connectivity index (χ1v) is 9.52. The van der Waals surface area contributed by atoms with Crippen molar-refractivity contribution in [1.82, 2.24) is 4.57 Å². The Morgan fingerprint density at radius 1 is 1.20 bits per heavy atom. The van der Waals surface area contributed by atoms with Crippen LogP contribution >= 0.6 is 11.9 Å². The van der Waals surface area contributed by atoms with E-state index in [1.807, 2.05) is 44.5 Å². The highest BCUT2D eigenvalue weighted by Crippen LogP contribution is 2.33. The van der Waals surface area contributed by atoms with Crippen LogP contribution in [-0.4, -0.2) is 10.8 Å². The minimum absolute atomic E-state index is 0.0689. The van der Waals surface area contributed by atoms with Crippen molar-refractivity contribution in [3.63, 3.8) is 0 Å². The molecule has 1 heterocycles. The van der Waals surface area contributed by atoms with Crippen molar-refractivity contribution in [2.75, 3.05) is 11.0 Å². The van der Waals surface area contributed by atoms with E-state index in [4.69, 9.17) is 5.26 Å². The maximum Gasteiger partial charge on any atom is 0.141 e. The van der Waals surface area contributed by atoms with Gasteiger partial charge in [-0.15, -0.1) is 0 Å². The Labute approximate surface area is 152 Å². The number of hydrogen-bond acceptors (Lipinski definition) is 3. The molecule has 5 heteroatoms. The fourth-order valence-electron chi connectivity index (χ4n) is 2.74. The van der Waals surface area contributed by atoms with Crippen LogP contribution in [0.3, 0.4) is 0 Å². The first kappa shape index (κ1) is 18.9. The highest BCUT2D eigenvalue weighted by molar-refractivity contribution is 7.99. The van der Waals surface area contributed by atoms with E-state index in [2.05, 4.69) is 22.3 Å². The zero-order valence-corrected chi connectivity index (χ0v) is 15.7. The van der Waals surface area contributed by atoms with Gasteiger partial charge in [0.25, 0.3) is 0 Å². The van der Waals surface area contributed by atoms with Gasteiger partial charge in [0.05, 0.1) is 11.1 Å². The van der Waals surface area contributed by atoms with Gasteiger partial charge in [-0.1, -0.05) is 37.9 Å². The molecule has 3 nitrogen and oxygen atoms in total. The summed E-state index contributed by atoms with van der Waals surface area (Å²) in [5.74, 6) is -0.483. The predicted molar refractivity (Wildman–Crippen MR) is 106 cm³/mol. The smallest absolute Gasteiger partial charge is 0.141 e. The third-order valence-corrected chi connectivity index (χ3v) is 4.28. The number of nitrogens with one attached hydrogen (secondary N) is 1. The number of fused-ring (bicyclic) bond motifs is 1. The van der Waals surface area contributed by atoms with Crippen molar-refractivity contribution in [1.29, 1.82) is 5.26 Å². The molecule has 0 bridgehead atoms. The molecular weight excluding hydrogens is 333 g/mol. The zero-order chi connectivity index (χ0) is 18.4. The fourth-order valence-corrected chi connectivity index (χ4v) is 3.10. The number of rotatable bonds is 4. The van der Waals surface area contributed by atoms with Crippen LogP contribution in [0.4, 0.5) is 10.1 Å². The summed E-state index contributed by atoms with van der Waals surface area (Å²) in [6.45, 7) is 6.91. The third-order valence-electron chi connectivity index (χ3n) is 3.84. The highest BCUT2D eigenvalue weighted by atomic mass is 32.2. The van der Waals surface area contributed by atoms with Crippen LogP contribution in [0.1, 0.15) is 26.3 Å².